The largest absolute Gasteiger partial charge is 0.508 e. The van der Waals surface area contributed by atoms with E-state index in [1.807, 2.05) is 0 Å². The molecule has 0 saturated carbocycles. The van der Waals surface area contributed by atoms with Crippen LogP contribution in [0, 0.1) is 11.8 Å². The molecule has 27 heavy (non-hydrogen) atoms. The van der Waals surface area contributed by atoms with Crippen LogP contribution in [0.3, 0.4) is 0 Å². The van der Waals surface area contributed by atoms with Gasteiger partial charge in [-0.1, -0.05) is 0 Å². The molecular weight excluding hydrogens is 352 g/mol. The van der Waals surface area contributed by atoms with Gasteiger partial charge in [-0.2, -0.15) is 0 Å². The summed E-state index contributed by atoms with van der Waals surface area (Å²) in [5.41, 5.74) is 1.32. The number of ether oxygens (including phenoxy) is 4. The van der Waals surface area contributed by atoms with E-state index in [1.54, 1.807) is 24.3 Å². The maximum absolute atomic E-state index is 12.6. The Morgan fingerprint density at radius 2 is 1.44 bits per heavy atom. The number of aromatic hydroxyl groups is 2. The van der Waals surface area contributed by atoms with E-state index >= 15 is 0 Å². The van der Waals surface area contributed by atoms with E-state index in [0.717, 1.165) is 0 Å². The third-order valence-corrected chi connectivity index (χ3v) is 5.12. The molecule has 2 N–H and O–H groups in total. The highest BCUT2D eigenvalue weighted by molar-refractivity contribution is 5.77. The SMILES string of the molecule is COc1cc(O)cc(C2OC(=O)C3C(c4cc(O)cc(OC)c4)OCC23)c1. The minimum absolute atomic E-state index is 0.0389. The van der Waals surface area contributed by atoms with E-state index < -0.39 is 18.1 Å². The van der Waals surface area contributed by atoms with Crippen LogP contribution in [0.25, 0.3) is 0 Å². The predicted octanol–water partition coefficient (Wildman–Crippen LogP) is 2.72. The fraction of sp³-hybridized carbons (Fsp3) is 0.350. The molecule has 2 aliphatic heterocycles. The first-order valence-corrected chi connectivity index (χ1v) is 8.58. The zero-order chi connectivity index (χ0) is 19.1. The number of methoxy groups -OCH3 is 2. The Labute approximate surface area is 156 Å². The van der Waals surface area contributed by atoms with Gasteiger partial charge < -0.3 is 29.2 Å². The van der Waals surface area contributed by atoms with E-state index in [9.17, 15) is 15.0 Å². The lowest BCUT2D eigenvalue weighted by Crippen LogP contribution is -2.18. The molecule has 4 rings (SSSR count). The van der Waals surface area contributed by atoms with E-state index in [-0.39, 0.29) is 23.4 Å². The highest BCUT2D eigenvalue weighted by Gasteiger charge is 2.54. The van der Waals surface area contributed by atoms with Crippen LogP contribution in [0.5, 0.6) is 23.0 Å². The van der Waals surface area contributed by atoms with E-state index in [1.165, 1.54) is 26.4 Å². The van der Waals surface area contributed by atoms with E-state index in [0.29, 0.717) is 29.2 Å². The average Bonchev–Trinajstić information content (AvgIpc) is 3.22. The Morgan fingerprint density at radius 3 is 2.00 bits per heavy atom. The Hall–Kier alpha value is -2.93. The van der Waals surface area contributed by atoms with Crippen molar-refractivity contribution in [2.24, 2.45) is 11.8 Å². The molecule has 2 fully saturated rings. The summed E-state index contributed by atoms with van der Waals surface area (Å²) in [6, 6.07) is 9.59. The maximum Gasteiger partial charge on any atom is 0.313 e. The number of phenolic OH excluding ortho intramolecular Hbond substituents is 2. The molecule has 2 heterocycles. The van der Waals surface area contributed by atoms with E-state index in [2.05, 4.69) is 0 Å². The van der Waals surface area contributed by atoms with Crippen LogP contribution >= 0.6 is 0 Å². The summed E-state index contributed by atoms with van der Waals surface area (Å²) in [6.45, 7) is 0.321. The van der Waals surface area contributed by atoms with Gasteiger partial charge in [0.05, 0.1) is 32.8 Å². The second kappa shape index (κ2) is 6.66. The smallest absolute Gasteiger partial charge is 0.313 e. The molecule has 7 nitrogen and oxygen atoms in total. The highest BCUT2D eigenvalue weighted by atomic mass is 16.6. The quantitative estimate of drug-likeness (QED) is 0.797. The molecule has 142 valence electrons. The number of phenols is 2. The molecule has 0 amide bonds. The van der Waals surface area contributed by atoms with Crippen molar-refractivity contribution in [3.8, 4) is 23.0 Å². The Bertz CT molecular complexity index is 827. The molecule has 7 heteroatoms. The highest BCUT2D eigenvalue weighted by Crippen LogP contribution is 2.52. The molecule has 2 saturated heterocycles. The van der Waals surface area contributed by atoms with Crippen LogP contribution in [-0.4, -0.2) is 37.0 Å². The molecule has 0 aromatic heterocycles. The molecule has 0 bridgehead atoms. The third kappa shape index (κ3) is 3.04. The Morgan fingerprint density at radius 1 is 0.889 bits per heavy atom. The van der Waals surface area contributed by atoms with Crippen LogP contribution in [-0.2, 0) is 14.3 Å². The van der Waals surface area contributed by atoms with Crippen molar-refractivity contribution >= 4 is 5.97 Å². The summed E-state index contributed by atoms with van der Waals surface area (Å²) in [5, 5.41) is 19.8. The number of carbonyl (C=O) groups is 1. The minimum Gasteiger partial charge on any atom is -0.508 e. The van der Waals surface area contributed by atoms with Crippen molar-refractivity contribution in [1.82, 2.24) is 0 Å². The molecule has 0 radical (unpaired) electrons. The van der Waals surface area contributed by atoms with Crippen LogP contribution in [0.4, 0.5) is 0 Å². The third-order valence-electron chi connectivity index (χ3n) is 5.12. The summed E-state index contributed by atoms with van der Waals surface area (Å²) in [5.74, 6) is -0.0289. The zero-order valence-corrected chi connectivity index (χ0v) is 14.9. The molecular formula is C20H20O7. The van der Waals surface area contributed by atoms with Crippen LogP contribution < -0.4 is 9.47 Å². The lowest BCUT2D eigenvalue weighted by atomic mass is 9.84. The normalized spacial score (nSPS) is 26.5. The summed E-state index contributed by atoms with van der Waals surface area (Å²) in [4.78, 5) is 12.6. The van der Waals surface area contributed by atoms with Gasteiger partial charge in [0.15, 0.2) is 0 Å². The number of hydrogen-bond donors (Lipinski definition) is 2. The first-order valence-electron chi connectivity index (χ1n) is 8.58. The Kier molecular flexibility index (Phi) is 4.31. The summed E-state index contributed by atoms with van der Waals surface area (Å²) < 4.78 is 21.9. The van der Waals surface area contributed by atoms with Crippen molar-refractivity contribution in [2.45, 2.75) is 12.2 Å². The molecule has 0 aliphatic carbocycles. The molecule has 4 unspecified atom stereocenters. The lowest BCUT2D eigenvalue weighted by molar-refractivity contribution is -0.148. The number of carbonyl (C=O) groups excluding carboxylic acids is 1. The fourth-order valence-electron chi connectivity index (χ4n) is 3.91. The van der Waals surface area contributed by atoms with Crippen molar-refractivity contribution in [3.05, 3.63) is 47.5 Å². The monoisotopic (exact) mass is 372 g/mol. The van der Waals surface area contributed by atoms with Gasteiger partial charge in [-0.25, -0.2) is 0 Å². The van der Waals surface area contributed by atoms with Gasteiger partial charge in [0.2, 0.25) is 0 Å². The zero-order valence-electron chi connectivity index (χ0n) is 14.9. The number of benzene rings is 2. The van der Waals surface area contributed by atoms with Crippen molar-refractivity contribution < 1.29 is 34.0 Å². The molecule has 2 aromatic carbocycles. The number of hydrogen-bond acceptors (Lipinski definition) is 7. The predicted molar refractivity (Wildman–Crippen MR) is 93.8 cm³/mol. The summed E-state index contributed by atoms with van der Waals surface area (Å²) in [6.07, 6.45) is -1.07. The van der Waals surface area contributed by atoms with Crippen LogP contribution in [0.2, 0.25) is 0 Å². The van der Waals surface area contributed by atoms with Gasteiger partial charge in [-0.15, -0.1) is 0 Å². The second-order valence-corrected chi connectivity index (χ2v) is 6.73. The topological polar surface area (TPSA) is 94.5 Å². The van der Waals surface area contributed by atoms with Gasteiger partial charge >= 0.3 is 5.97 Å². The molecule has 4 atom stereocenters. The number of esters is 1. The van der Waals surface area contributed by atoms with Crippen LogP contribution in [0.15, 0.2) is 36.4 Å². The van der Waals surface area contributed by atoms with Gasteiger partial charge in [0, 0.05) is 23.6 Å². The first kappa shape index (κ1) is 17.5. The van der Waals surface area contributed by atoms with Gasteiger partial charge in [-0.3, -0.25) is 4.79 Å². The van der Waals surface area contributed by atoms with Gasteiger partial charge in [0.1, 0.15) is 29.1 Å². The minimum atomic E-state index is -0.535. The van der Waals surface area contributed by atoms with Gasteiger partial charge in [0.25, 0.3) is 0 Å². The standard InChI is InChI=1S/C20H20O7/c1-24-14-5-10(3-12(21)7-14)18-16-9-26-19(17(16)20(23)27-18)11-4-13(22)8-15(6-11)25-2/h3-8,16-19,21-22H,9H2,1-2H3. The Balaban J connectivity index is 1.66. The van der Waals surface area contributed by atoms with Crippen molar-refractivity contribution in [2.75, 3.05) is 20.8 Å². The van der Waals surface area contributed by atoms with E-state index in [4.69, 9.17) is 18.9 Å². The van der Waals surface area contributed by atoms with Crippen molar-refractivity contribution in [1.29, 1.82) is 0 Å². The maximum atomic E-state index is 12.6. The lowest BCUT2D eigenvalue weighted by Gasteiger charge is -2.16. The van der Waals surface area contributed by atoms with Gasteiger partial charge in [-0.05, 0) is 29.8 Å². The molecule has 2 aliphatic rings. The average molecular weight is 372 g/mol. The number of cyclic esters (lactones) is 1. The summed E-state index contributed by atoms with van der Waals surface area (Å²) >= 11 is 0. The van der Waals surface area contributed by atoms with Crippen LogP contribution in [0.1, 0.15) is 23.3 Å². The number of fused-ring (bicyclic) bond motifs is 1. The first-order chi connectivity index (χ1) is 13.0. The fourth-order valence-corrected chi connectivity index (χ4v) is 3.91. The van der Waals surface area contributed by atoms with Crippen molar-refractivity contribution in [3.63, 3.8) is 0 Å². The number of rotatable bonds is 4. The summed E-state index contributed by atoms with van der Waals surface area (Å²) in [7, 11) is 3.01. The molecule has 0 spiro atoms. The second-order valence-electron chi connectivity index (χ2n) is 6.73. The molecule has 2 aromatic rings.